The van der Waals surface area contributed by atoms with Gasteiger partial charge in [-0.15, -0.1) is 0 Å². The molecule has 0 unspecified atom stereocenters. The van der Waals surface area contributed by atoms with Crippen molar-refractivity contribution in [2.24, 2.45) is 0 Å². The third-order valence-electron chi connectivity index (χ3n) is 2.40. The standard InChI is InChI=1S/C9H13NO3.C8H11NO3/c1-8(7-10)9(11)13-6-4-3-5-12-2;1-3-11-4-5-12-8(10)7(2)6-9/h1,3-6H2,2H3;2-5H2,1H3. The topological polar surface area (TPSA) is 119 Å². The Morgan fingerprint density at radius 3 is 1.80 bits per heavy atom. The Hall–Kier alpha value is -2.68. The molecule has 0 aromatic rings. The molecular formula is C17H24N2O6. The first-order valence-corrected chi connectivity index (χ1v) is 7.53. The maximum atomic E-state index is 10.8. The molecule has 0 saturated carbocycles. The van der Waals surface area contributed by atoms with Gasteiger partial charge in [0.05, 0.1) is 13.2 Å². The smallest absolute Gasteiger partial charge is 0.348 e. The monoisotopic (exact) mass is 352 g/mol. The zero-order chi connectivity index (χ0) is 19.5. The lowest BCUT2D eigenvalue weighted by Crippen LogP contribution is -2.11. The maximum Gasteiger partial charge on any atom is 0.348 e. The molecule has 8 nitrogen and oxygen atoms in total. The summed E-state index contributed by atoms with van der Waals surface area (Å²) in [7, 11) is 1.61. The van der Waals surface area contributed by atoms with E-state index in [2.05, 4.69) is 17.9 Å². The fourth-order valence-electron chi connectivity index (χ4n) is 1.12. The van der Waals surface area contributed by atoms with Crippen LogP contribution in [-0.2, 0) is 28.5 Å². The van der Waals surface area contributed by atoms with Crippen LogP contribution in [0, 0.1) is 22.7 Å². The van der Waals surface area contributed by atoms with Gasteiger partial charge in [0.25, 0.3) is 0 Å². The van der Waals surface area contributed by atoms with Gasteiger partial charge < -0.3 is 18.9 Å². The number of ether oxygens (including phenoxy) is 4. The number of hydrogen-bond acceptors (Lipinski definition) is 8. The highest BCUT2D eigenvalue weighted by Crippen LogP contribution is 1.96. The predicted molar refractivity (Wildman–Crippen MR) is 89.0 cm³/mol. The van der Waals surface area contributed by atoms with Gasteiger partial charge in [-0.3, -0.25) is 0 Å². The van der Waals surface area contributed by atoms with Gasteiger partial charge in [-0.25, -0.2) is 9.59 Å². The highest BCUT2D eigenvalue weighted by atomic mass is 16.6. The van der Waals surface area contributed by atoms with E-state index in [0.29, 0.717) is 26.4 Å². The van der Waals surface area contributed by atoms with Gasteiger partial charge in [-0.05, 0) is 19.8 Å². The molecule has 0 bridgehead atoms. The summed E-state index contributed by atoms with van der Waals surface area (Å²) in [6.07, 6.45) is 1.57. The van der Waals surface area contributed by atoms with E-state index < -0.39 is 11.9 Å². The summed E-state index contributed by atoms with van der Waals surface area (Å²) in [5.74, 6) is -1.32. The average molecular weight is 352 g/mol. The number of carbonyl (C=O) groups is 2. The predicted octanol–water partition coefficient (Wildman–Crippen LogP) is 1.68. The van der Waals surface area contributed by atoms with E-state index in [4.69, 9.17) is 24.7 Å². The molecule has 0 N–H and O–H groups in total. The summed E-state index contributed by atoms with van der Waals surface area (Å²) in [6, 6.07) is 3.22. The normalized spacial score (nSPS) is 8.80. The summed E-state index contributed by atoms with van der Waals surface area (Å²) in [6.45, 7) is 10.3. The molecule has 0 spiro atoms. The Labute approximate surface area is 148 Å². The molecule has 0 heterocycles. The van der Waals surface area contributed by atoms with Crippen molar-refractivity contribution in [1.29, 1.82) is 10.5 Å². The molecule has 0 radical (unpaired) electrons. The van der Waals surface area contributed by atoms with Crippen molar-refractivity contribution < 1.29 is 28.5 Å². The van der Waals surface area contributed by atoms with Crippen molar-refractivity contribution in [2.45, 2.75) is 19.8 Å². The number of hydrogen-bond donors (Lipinski definition) is 0. The maximum absolute atomic E-state index is 10.8. The second-order valence-electron chi connectivity index (χ2n) is 4.35. The van der Waals surface area contributed by atoms with Crippen LogP contribution in [0.4, 0.5) is 0 Å². The van der Waals surface area contributed by atoms with Gasteiger partial charge in [0.15, 0.2) is 0 Å². The molecule has 0 atom stereocenters. The van der Waals surface area contributed by atoms with Crippen LogP contribution in [0.2, 0.25) is 0 Å². The van der Waals surface area contributed by atoms with Crippen molar-refractivity contribution in [3.8, 4) is 12.1 Å². The number of nitriles is 2. The lowest BCUT2D eigenvalue weighted by Gasteiger charge is -2.02. The number of nitrogens with zero attached hydrogens (tertiary/aromatic N) is 2. The minimum absolute atomic E-state index is 0.160. The van der Waals surface area contributed by atoms with Crippen molar-refractivity contribution in [3.05, 3.63) is 24.3 Å². The second-order valence-corrected chi connectivity index (χ2v) is 4.35. The highest BCUT2D eigenvalue weighted by Gasteiger charge is 2.06. The van der Waals surface area contributed by atoms with E-state index in [0.717, 1.165) is 12.8 Å². The third kappa shape index (κ3) is 16.0. The summed E-state index contributed by atoms with van der Waals surface area (Å²) in [5.41, 5.74) is -0.349. The largest absolute Gasteiger partial charge is 0.462 e. The molecule has 0 aromatic carbocycles. The Bertz CT molecular complexity index is 516. The summed E-state index contributed by atoms with van der Waals surface area (Å²) in [5, 5.41) is 16.5. The number of unbranched alkanes of at least 4 members (excludes halogenated alkanes) is 1. The fraction of sp³-hybridized carbons (Fsp3) is 0.529. The average Bonchev–Trinajstić information content (AvgIpc) is 2.63. The number of methoxy groups -OCH3 is 1. The molecular weight excluding hydrogens is 328 g/mol. The lowest BCUT2D eigenvalue weighted by atomic mass is 10.3. The van der Waals surface area contributed by atoms with Crippen molar-refractivity contribution >= 4 is 11.9 Å². The molecule has 0 saturated heterocycles. The van der Waals surface area contributed by atoms with Gasteiger partial charge in [0.1, 0.15) is 29.9 Å². The van der Waals surface area contributed by atoms with Gasteiger partial charge in [0, 0.05) is 20.3 Å². The summed E-state index contributed by atoms with van der Waals surface area (Å²) in [4.78, 5) is 21.6. The van der Waals surface area contributed by atoms with Gasteiger partial charge in [-0.2, -0.15) is 10.5 Å². The fourth-order valence-corrected chi connectivity index (χ4v) is 1.12. The first kappa shape index (κ1) is 24.6. The molecule has 0 aliphatic heterocycles. The number of esters is 2. The Morgan fingerprint density at radius 2 is 1.36 bits per heavy atom. The quantitative estimate of drug-likeness (QED) is 0.238. The van der Waals surface area contributed by atoms with E-state index in [9.17, 15) is 9.59 Å². The zero-order valence-corrected chi connectivity index (χ0v) is 14.7. The van der Waals surface area contributed by atoms with Crippen LogP contribution >= 0.6 is 0 Å². The SMILES string of the molecule is C=C(C#N)C(=O)OCCCCOC.C=C(C#N)C(=O)OCCOCC. The van der Waals surface area contributed by atoms with Crippen LogP contribution in [0.3, 0.4) is 0 Å². The van der Waals surface area contributed by atoms with Gasteiger partial charge in [-0.1, -0.05) is 13.2 Å². The van der Waals surface area contributed by atoms with Crippen molar-refractivity contribution in [1.82, 2.24) is 0 Å². The second kappa shape index (κ2) is 17.7. The van der Waals surface area contributed by atoms with E-state index in [1.54, 1.807) is 19.2 Å². The van der Waals surface area contributed by atoms with Crippen LogP contribution in [0.25, 0.3) is 0 Å². The Kier molecular flexibility index (Phi) is 17.4. The molecule has 0 aliphatic carbocycles. The molecule has 25 heavy (non-hydrogen) atoms. The van der Waals surface area contributed by atoms with Crippen LogP contribution in [0.15, 0.2) is 24.3 Å². The molecule has 0 aliphatic rings. The van der Waals surface area contributed by atoms with E-state index in [1.165, 1.54) is 0 Å². The number of rotatable bonds is 11. The minimum atomic E-state index is -0.683. The van der Waals surface area contributed by atoms with E-state index >= 15 is 0 Å². The lowest BCUT2D eigenvalue weighted by molar-refractivity contribution is -0.140. The van der Waals surface area contributed by atoms with Crippen LogP contribution in [-0.4, -0.2) is 52.1 Å². The van der Waals surface area contributed by atoms with Gasteiger partial charge >= 0.3 is 11.9 Å². The Balaban J connectivity index is 0. The zero-order valence-electron chi connectivity index (χ0n) is 14.7. The highest BCUT2D eigenvalue weighted by molar-refractivity contribution is 5.92. The molecule has 0 fully saturated rings. The molecule has 0 aromatic heterocycles. The van der Waals surface area contributed by atoms with E-state index in [-0.39, 0.29) is 17.8 Å². The first-order valence-electron chi connectivity index (χ1n) is 7.53. The first-order chi connectivity index (χ1) is 11.9. The van der Waals surface area contributed by atoms with Crippen molar-refractivity contribution in [2.75, 3.05) is 40.1 Å². The van der Waals surface area contributed by atoms with Crippen LogP contribution in [0.1, 0.15) is 19.8 Å². The van der Waals surface area contributed by atoms with Gasteiger partial charge in [0.2, 0.25) is 0 Å². The molecule has 8 heteroatoms. The molecule has 0 rings (SSSR count). The minimum Gasteiger partial charge on any atom is -0.462 e. The van der Waals surface area contributed by atoms with Crippen molar-refractivity contribution in [3.63, 3.8) is 0 Å². The number of carbonyl (C=O) groups excluding carboxylic acids is 2. The third-order valence-corrected chi connectivity index (χ3v) is 2.40. The van der Waals surface area contributed by atoms with E-state index in [1.807, 2.05) is 6.92 Å². The molecule has 138 valence electrons. The Morgan fingerprint density at radius 1 is 0.880 bits per heavy atom. The summed E-state index contributed by atoms with van der Waals surface area (Å²) < 4.78 is 19.1. The summed E-state index contributed by atoms with van der Waals surface area (Å²) >= 11 is 0. The molecule has 0 amide bonds. The van der Waals surface area contributed by atoms with Crippen LogP contribution < -0.4 is 0 Å². The van der Waals surface area contributed by atoms with Crippen LogP contribution in [0.5, 0.6) is 0 Å².